The number of ether oxygens (including phenoxy) is 1. The molecule has 0 saturated carbocycles. The van der Waals surface area contributed by atoms with Crippen LogP contribution in [0.3, 0.4) is 0 Å². The van der Waals surface area contributed by atoms with Gasteiger partial charge in [-0.15, -0.1) is 0 Å². The zero-order chi connectivity index (χ0) is 22.6. The van der Waals surface area contributed by atoms with Gasteiger partial charge in [0.2, 0.25) is 5.91 Å². The first-order valence-electron chi connectivity index (χ1n) is 10.0. The van der Waals surface area contributed by atoms with Crippen molar-refractivity contribution < 1.29 is 26.5 Å². The molecule has 0 spiro atoms. The number of amides is 1. The summed E-state index contributed by atoms with van der Waals surface area (Å²) >= 11 is 6.14. The monoisotopic (exact) mass is 469 g/mol. The van der Waals surface area contributed by atoms with Crippen LogP contribution in [0, 0.1) is 11.7 Å². The minimum Gasteiger partial charge on any atom is -0.379 e. The van der Waals surface area contributed by atoms with Gasteiger partial charge >= 0.3 is 10.1 Å². The van der Waals surface area contributed by atoms with Gasteiger partial charge in [0.1, 0.15) is 16.5 Å². The van der Waals surface area contributed by atoms with Crippen LogP contribution < -0.4 is 4.18 Å². The Morgan fingerprint density at radius 3 is 2.58 bits per heavy atom. The minimum absolute atomic E-state index is 0.0580. The maximum Gasteiger partial charge on any atom is 0.339 e. The highest BCUT2D eigenvalue weighted by atomic mass is 35.5. The molecule has 1 aliphatic heterocycles. The van der Waals surface area contributed by atoms with E-state index in [0.29, 0.717) is 23.7 Å². The van der Waals surface area contributed by atoms with Gasteiger partial charge in [-0.3, -0.25) is 4.79 Å². The minimum atomic E-state index is -4.20. The molecule has 3 rings (SSSR count). The maximum atomic E-state index is 13.2. The molecule has 1 aliphatic rings. The lowest BCUT2D eigenvalue weighted by Gasteiger charge is -2.28. The van der Waals surface area contributed by atoms with E-state index in [1.54, 1.807) is 24.8 Å². The lowest BCUT2D eigenvalue weighted by molar-refractivity contribution is -0.136. The first-order valence-corrected chi connectivity index (χ1v) is 11.8. The Kier molecular flexibility index (Phi) is 7.56. The normalized spacial score (nSPS) is 16.5. The average Bonchev–Trinajstić information content (AvgIpc) is 3.22. The fraction of sp³-hybridized carbons (Fsp3) is 0.409. The second kappa shape index (κ2) is 9.97. The predicted molar refractivity (Wildman–Crippen MR) is 115 cm³/mol. The Hall–Kier alpha value is -2.16. The van der Waals surface area contributed by atoms with Crippen molar-refractivity contribution in [3.05, 3.63) is 58.9 Å². The van der Waals surface area contributed by atoms with Crippen LogP contribution in [0.1, 0.15) is 32.3 Å². The Balaban J connectivity index is 1.88. The molecule has 0 radical (unpaired) electrons. The summed E-state index contributed by atoms with van der Waals surface area (Å²) in [6.45, 7) is 4.79. The molecule has 6 nitrogen and oxygen atoms in total. The molecule has 2 aromatic rings. The number of halogens is 2. The summed E-state index contributed by atoms with van der Waals surface area (Å²) in [4.78, 5) is 14.3. The summed E-state index contributed by atoms with van der Waals surface area (Å²) < 4.78 is 49.5. The van der Waals surface area contributed by atoms with Gasteiger partial charge in [-0.1, -0.05) is 25.4 Å². The smallest absolute Gasteiger partial charge is 0.339 e. The van der Waals surface area contributed by atoms with Gasteiger partial charge in [0.25, 0.3) is 0 Å². The lowest BCUT2D eigenvalue weighted by atomic mass is 10.1. The van der Waals surface area contributed by atoms with Crippen LogP contribution in [0.25, 0.3) is 0 Å². The first kappa shape index (κ1) is 23.5. The molecule has 1 unspecified atom stereocenters. The van der Waals surface area contributed by atoms with Crippen molar-refractivity contribution in [2.45, 2.75) is 44.2 Å². The number of benzene rings is 2. The van der Waals surface area contributed by atoms with E-state index in [1.165, 1.54) is 12.1 Å². The Bertz CT molecular complexity index is 1020. The Morgan fingerprint density at radius 2 is 1.97 bits per heavy atom. The number of hydrogen-bond acceptors (Lipinski definition) is 5. The van der Waals surface area contributed by atoms with Crippen LogP contribution in [0.15, 0.2) is 47.4 Å². The van der Waals surface area contributed by atoms with Gasteiger partial charge in [-0.2, -0.15) is 8.42 Å². The first-order chi connectivity index (χ1) is 14.7. The molecule has 1 amide bonds. The molecule has 1 saturated heterocycles. The molecule has 9 heteroatoms. The van der Waals surface area contributed by atoms with E-state index < -0.39 is 15.9 Å². The number of nitrogens with zero attached hydrogens (tertiary/aromatic N) is 1. The highest BCUT2D eigenvalue weighted by Crippen LogP contribution is 2.28. The lowest BCUT2D eigenvalue weighted by Crippen LogP contribution is -2.39. The summed E-state index contributed by atoms with van der Waals surface area (Å²) in [6.07, 6.45) is 1.74. The van der Waals surface area contributed by atoms with Crippen molar-refractivity contribution in [1.82, 2.24) is 4.90 Å². The zero-order valence-corrected chi connectivity index (χ0v) is 19.0. The molecule has 0 aliphatic carbocycles. The van der Waals surface area contributed by atoms with Crippen LogP contribution in [0.5, 0.6) is 5.75 Å². The standard InChI is InChI=1S/C22H25ClFNO5S/c1-15(2)22(26)25(14-19-4-3-11-29-19)13-16-12-17(23)5-10-21(16)30-31(27,28)20-8-6-18(24)7-9-20/h5-10,12,15,19H,3-4,11,13-14H2,1-2H3. The van der Waals surface area contributed by atoms with E-state index in [0.717, 1.165) is 37.1 Å². The van der Waals surface area contributed by atoms with Crippen molar-refractivity contribution in [2.24, 2.45) is 5.92 Å². The van der Waals surface area contributed by atoms with E-state index in [-0.39, 0.29) is 35.1 Å². The molecule has 31 heavy (non-hydrogen) atoms. The fourth-order valence-electron chi connectivity index (χ4n) is 3.36. The summed E-state index contributed by atoms with van der Waals surface area (Å²) in [5, 5.41) is 0.385. The maximum absolute atomic E-state index is 13.2. The van der Waals surface area contributed by atoms with Gasteiger partial charge in [0.15, 0.2) is 0 Å². The number of rotatable bonds is 8. The molecular weight excluding hydrogens is 445 g/mol. The van der Waals surface area contributed by atoms with Crippen LogP contribution in [-0.4, -0.2) is 38.5 Å². The van der Waals surface area contributed by atoms with Crippen molar-refractivity contribution in [3.63, 3.8) is 0 Å². The number of hydrogen-bond donors (Lipinski definition) is 0. The summed E-state index contributed by atoms with van der Waals surface area (Å²) in [5.74, 6) is -0.818. The van der Waals surface area contributed by atoms with Crippen molar-refractivity contribution in [3.8, 4) is 5.75 Å². The van der Waals surface area contributed by atoms with Gasteiger partial charge in [0.05, 0.1) is 6.10 Å². The zero-order valence-electron chi connectivity index (χ0n) is 17.4. The van der Waals surface area contributed by atoms with Crippen LogP contribution >= 0.6 is 11.6 Å². The van der Waals surface area contributed by atoms with Gasteiger partial charge in [-0.25, -0.2) is 4.39 Å². The number of carbonyl (C=O) groups is 1. The van der Waals surface area contributed by atoms with Gasteiger partial charge in [-0.05, 0) is 55.3 Å². The second-order valence-electron chi connectivity index (χ2n) is 7.75. The molecule has 1 atom stereocenters. The predicted octanol–water partition coefficient (Wildman–Crippen LogP) is 4.41. The van der Waals surface area contributed by atoms with Crippen LogP contribution in [0.4, 0.5) is 4.39 Å². The number of carbonyl (C=O) groups excluding carboxylic acids is 1. The third-order valence-corrected chi connectivity index (χ3v) is 6.42. The van der Waals surface area contributed by atoms with Crippen molar-refractivity contribution in [1.29, 1.82) is 0 Å². The van der Waals surface area contributed by atoms with Gasteiger partial charge in [0, 0.05) is 36.2 Å². The van der Waals surface area contributed by atoms with Crippen LogP contribution in [0.2, 0.25) is 5.02 Å². The summed E-state index contributed by atoms with van der Waals surface area (Å²) in [6, 6.07) is 8.89. The molecule has 0 aromatic heterocycles. The molecule has 1 fully saturated rings. The third kappa shape index (κ3) is 6.18. The average molecular weight is 470 g/mol. The third-order valence-electron chi connectivity index (χ3n) is 4.94. The highest BCUT2D eigenvalue weighted by molar-refractivity contribution is 7.87. The fourth-order valence-corrected chi connectivity index (χ4v) is 4.52. The Labute approximate surface area is 187 Å². The second-order valence-corrected chi connectivity index (χ2v) is 9.73. The van der Waals surface area contributed by atoms with E-state index in [9.17, 15) is 17.6 Å². The van der Waals surface area contributed by atoms with E-state index in [2.05, 4.69) is 0 Å². The molecule has 168 valence electrons. The Morgan fingerprint density at radius 1 is 1.26 bits per heavy atom. The van der Waals surface area contributed by atoms with Gasteiger partial charge < -0.3 is 13.8 Å². The molecule has 1 heterocycles. The van der Waals surface area contributed by atoms with Crippen molar-refractivity contribution in [2.75, 3.05) is 13.2 Å². The van der Waals surface area contributed by atoms with E-state index in [1.807, 2.05) is 0 Å². The largest absolute Gasteiger partial charge is 0.379 e. The van der Waals surface area contributed by atoms with Crippen molar-refractivity contribution >= 4 is 27.6 Å². The molecule has 2 aromatic carbocycles. The molecule has 0 N–H and O–H groups in total. The molecule has 0 bridgehead atoms. The highest BCUT2D eigenvalue weighted by Gasteiger charge is 2.26. The topological polar surface area (TPSA) is 72.9 Å². The van der Waals surface area contributed by atoms with E-state index in [4.69, 9.17) is 20.5 Å². The van der Waals surface area contributed by atoms with Crippen LogP contribution in [-0.2, 0) is 26.2 Å². The quantitative estimate of drug-likeness (QED) is 0.535. The summed E-state index contributed by atoms with van der Waals surface area (Å²) in [5.41, 5.74) is 0.449. The molecular formula is C22H25ClFNO5S. The summed E-state index contributed by atoms with van der Waals surface area (Å²) in [7, 11) is -4.20. The SMILES string of the molecule is CC(C)C(=O)N(Cc1cc(Cl)ccc1OS(=O)(=O)c1ccc(F)cc1)CC1CCCO1. The van der Waals surface area contributed by atoms with E-state index >= 15 is 0 Å².